The zero-order valence-corrected chi connectivity index (χ0v) is 11.8. The number of hydrogen-bond acceptors (Lipinski definition) is 4. The number of ether oxygens (including phenoxy) is 3. The Bertz CT molecular complexity index is 291. The maximum absolute atomic E-state index is 11.1. The molecule has 0 aromatic carbocycles. The minimum Gasteiger partial charge on any atom is -0.438 e. The molecule has 18 heavy (non-hydrogen) atoms. The molecule has 1 aliphatic rings. The lowest BCUT2D eigenvalue weighted by Gasteiger charge is -2.27. The van der Waals surface area contributed by atoms with Crippen molar-refractivity contribution in [1.29, 1.82) is 0 Å². The maximum atomic E-state index is 11.1. The van der Waals surface area contributed by atoms with Gasteiger partial charge in [-0.05, 0) is 46.1 Å². The van der Waals surface area contributed by atoms with E-state index in [0.717, 1.165) is 25.7 Å². The molecule has 0 saturated heterocycles. The average molecular weight is 256 g/mol. The van der Waals surface area contributed by atoms with Crippen molar-refractivity contribution in [3.05, 3.63) is 12.2 Å². The van der Waals surface area contributed by atoms with Gasteiger partial charge in [-0.25, -0.2) is 4.79 Å². The number of hydrogen-bond donors (Lipinski definition) is 0. The van der Waals surface area contributed by atoms with Gasteiger partial charge in [-0.2, -0.15) is 0 Å². The molecule has 0 amide bonds. The van der Waals surface area contributed by atoms with Crippen LogP contribution in [0.1, 0.15) is 46.5 Å². The van der Waals surface area contributed by atoms with Gasteiger partial charge in [0, 0.05) is 0 Å². The average Bonchev–Trinajstić information content (AvgIpc) is 2.25. The first-order chi connectivity index (χ1) is 8.40. The molecule has 1 rings (SSSR count). The molecule has 0 N–H and O–H groups in total. The molecule has 0 aromatic heterocycles. The summed E-state index contributed by atoms with van der Waals surface area (Å²) in [6, 6.07) is 0. The lowest BCUT2D eigenvalue weighted by atomic mass is 10.0. The molecular weight excluding hydrogens is 232 g/mol. The summed E-state index contributed by atoms with van der Waals surface area (Å²) in [6.07, 6.45) is 7.12. The van der Waals surface area contributed by atoms with Crippen molar-refractivity contribution >= 4 is 6.16 Å². The minimum absolute atomic E-state index is 0.0917. The van der Waals surface area contributed by atoms with E-state index in [4.69, 9.17) is 9.47 Å². The zero-order chi connectivity index (χ0) is 13.6. The molecule has 4 heteroatoms. The van der Waals surface area contributed by atoms with Crippen LogP contribution >= 0.6 is 0 Å². The topological polar surface area (TPSA) is 44.8 Å². The van der Waals surface area contributed by atoms with Crippen LogP contribution < -0.4 is 0 Å². The number of methoxy groups -OCH3 is 1. The van der Waals surface area contributed by atoms with Crippen molar-refractivity contribution < 1.29 is 19.0 Å². The van der Waals surface area contributed by atoms with Gasteiger partial charge < -0.3 is 14.2 Å². The Labute approximate surface area is 109 Å². The normalized spacial score (nSPS) is 26.9. The Morgan fingerprint density at radius 2 is 1.67 bits per heavy atom. The Morgan fingerprint density at radius 3 is 2.22 bits per heavy atom. The fourth-order valence-electron chi connectivity index (χ4n) is 1.95. The summed E-state index contributed by atoms with van der Waals surface area (Å²) in [5.74, 6) is 0. The molecular formula is C14H24O4. The predicted molar refractivity (Wildman–Crippen MR) is 69.5 cm³/mol. The van der Waals surface area contributed by atoms with Crippen LogP contribution in [-0.4, -0.2) is 31.1 Å². The van der Waals surface area contributed by atoms with Crippen LogP contribution in [0.4, 0.5) is 4.79 Å². The molecule has 104 valence electrons. The van der Waals surface area contributed by atoms with E-state index < -0.39 is 6.16 Å². The van der Waals surface area contributed by atoms with E-state index >= 15 is 0 Å². The van der Waals surface area contributed by atoms with Crippen LogP contribution in [0.2, 0.25) is 0 Å². The van der Waals surface area contributed by atoms with Gasteiger partial charge in [-0.1, -0.05) is 12.5 Å². The third-order valence-corrected chi connectivity index (χ3v) is 2.69. The van der Waals surface area contributed by atoms with Crippen molar-refractivity contribution in [2.45, 2.75) is 64.3 Å². The highest BCUT2D eigenvalue weighted by Gasteiger charge is 2.20. The van der Waals surface area contributed by atoms with E-state index in [2.05, 4.69) is 4.74 Å². The Hall–Kier alpha value is -1.03. The predicted octanol–water partition coefficient (Wildman–Crippen LogP) is 3.45. The summed E-state index contributed by atoms with van der Waals surface area (Å²) in [6.45, 7) is 6.13. The minimum atomic E-state index is -0.626. The van der Waals surface area contributed by atoms with E-state index in [1.807, 2.05) is 32.9 Å². The smallest absolute Gasteiger partial charge is 0.438 e. The summed E-state index contributed by atoms with van der Waals surface area (Å²) in [5, 5.41) is 0. The van der Waals surface area contributed by atoms with E-state index in [9.17, 15) is 4.79 Å². The molecule has 4 nitrogen and oxygen atoms in total. The lowest BCUT2D eigenvalue weighted by molar-refractivity contribution is -0.0435. The Balaban J connectivity index is 2.56. The maximum Gasteiger partial charge on any atom is 0.508 e. The van der Waals surface area contributed by atoms with E-state index in [-0.39, 0.29) is 17.8 Å². The zero-order valence-electron chi connectivity index (χ0n) is 11.8. The Morgan fingerprint density at radius 1 is 1.11 bits per heavy atom. The van der Waals surface area contributed by atoms with Crippen LogP contribution in [-0.2, 0) is 14.2 Å². The second kappa shape index (κ2) is 6.78. The first-order valence-electron chi connectivity index (χ1n) is 6.51. The summed E-state index contributed by atoms with van der Waals surface area (Å²) in [5.41, 5.74) is -0.160. The highest BCUT2D eigenvalue weighted by atomic mass is 16.7. The Kier molecular flexibility index (Phi) is 5.66. The van der Waals surface area contributed by atoms with Crippen LogP contribution in [0.3, 0.4) is 0 Å². The van der Waals surface area contributed by atoms with Gasteiger partial charge in [0.25, 0.3) is 0 Å². The van der Waals surface area contributed by atoms with Crippen molar-refractivity contribution in [3.8, 4) is 0 Å². The fourth-order valence-corrected chi connectivity index (χ4v) is 1.95. The van der Waals surface area contributed by atoms with Crippen molar-refractivity contribution in [2.75, 3.05) is 7.11 Å². The molecule has 2 atom stereocenters. The third kappa shape index (κ3) is 6.05. The van der Waals surface area contributed by atoms with Gasteiger partial charge in [0.1, 0.15) is 6.10 Å². The third-order valence-electron chi connectivity index (χ3n) is 2.69. The molecule has 0 heterocycles. The van der Waals surface area contributed by atoms with Gasteiger partial charge in [0.15, 0.2) is 0 Å². The summed E-state index contributed by atoms with van der Waals surface area (Å²) in [7, 11) is 1.32. The van der Waals surface area contributed by atoms with Crippen LogP contribution in [0.5, 0.6) is 0 Å². The van der Waals surface area contributed by atoms with E-state index in [1.165, 1.54) is 7.11 Å². The first-order valence-corrected chi connectivity index (χ1v) is 6.51. The number of rotatable bonds is 2. The summed E-state index contributed by atoms with van der Waals surface area (Å²) < 4.78 is 15.6. The van der Waals surface area contributed by atoms with Crippen LogP contribution in [0, 0.1) is 0 Å². The van der Waals surface area contributed by atoms with Gasteiger partial charge in [0.05, 0.1) is 18.8 Å². The molecule has 0 aliphatic heterocycles. The monoisotopic (exact) mass is 256 g/mol. The second-order valence-electron chi connectivity index (χ2n) is 5.55. The quantitative estimate of drug-likeness (QED) is 0.560. The number of carbonyl (C=O) groups is 1. The fraction of sp³-hybridized carbons (Fsp3) is 0.786. The summed E-state index contributed by atoms with van der Waals surface area (Å²) in [4.78, 5) is 11.1. The molecule has 0 spiro atoms. The van der Waals surface area contributed by atoms with Gasteiger partial charge in [-0.3, -0.25) is 0 Å². The lowest BCUT2D eigenvalue weighted by Crippen LogP contribution is -2.27. The van der Waals surface area contributed by atoms with E-state index in [1.54, 1.807) is 0 Å². The van der Waals surface area contributed by atoms with Crippen molar-refractivity contribution in [3.63, 3.8) is 0 Å². The molecule has 0 radical (unpaired) electrons. The highest BCUT2D eigenvalue weighted by molar-refractivity contribution is 5.60. The largest absolute Gasteiger partial charge is 0.508 e. The number of carbonyl (C=O) groups excluding carboxylic acids is 1. The van der Waals surface area contributed by atoms with Crippen LogP contribution in [0.15, 0.2) is 12.2 Å². The van der Waals surface area contributed by atoms with Gasteiger partial charge in [0.2, 0.25) is 0 Å². The van der Waals surface area contributed by atoms with Gasteiger partial charge in [-0.15, -0.1) is 0 Å². The van der Waals surface area contributed by atoms with E-state index in [0.29, 0.717) is 0 Å². The van der Waals surface area contributed by atoms with Gasteiger partial charge >= 0.3 is 6.16 Å². The van der Waals surface area contributed by atoms with Crippen molar-refractivity contribution in [2.24, 2.45) is 0 Å². The molecule has 0 bridgehead atoms. The molecule has 2 unspecified atom stereocenters. The van der Waals surface area contributed by atoms with Crippen LogP contribution in [0.25, 0.3) is 0 Å². The summed E-state index contributed by atoms with van der Waals surface area (Å²) >= 11 is 0. The molecule has 1 aliphatic carbocycles. The SMILES string of the molecule is COC(=O)OC1/C=C/C(OC(C)(C)C)CCCC1. The molecule has 0 aromatic rings. The van der Waals surface area contributed by atoms with Crippen molar-refractivity contribution in [1.82, 2.24) is 0 Å². The molecule has 0 fully saturated rings. The standard InChI is InChI=1S/C14H24O4/c1-14(2,3)18-12-8-6-5-7-11(9-10-12)17-13(15)16-4/h9-12H,5-8H2,1-4H3/b10-9+. The first kappa shape index (κ1) is 15.0. The molecule has 0 saturated carbocycles. The second-order valence-corrected chi connectivity index (χ2v) is 5.55. The highest BCUT2D eigenvalue weighted by Crippen LogP contribution is 2.21.